The van der Waals surface area contributed by atoms with E-state index in [9.17, 15) is 9.59 Å². The number of amides is 1. The molecule has 3 rings (SSSR count). The quantitative estimate of drug-likeness (QED) is 0.368. The lowest BCUT2D eigenvalue weighted by molar-refractivity contribution is -0.111. The lowest BCUT2D eigenvalue weighted by Crippen LogP contribution is -2.12. The molecule has 0 spiro atoms. The minimum absolute atomic E-state index is 0.278. The van der Waals surface area contributed by atoms with E-state index in [1.807, 2.05) is 18.2 Å². The molecule has 0 aromatic heterocycles. The predicted octanol–water partition coefficient (Wildman–Crippen LogP) is 5.37. The summed E-state index contributed by atoms with van der Waals surface area (Å²) in [7, 11) is 2.84. The Labute approximate surface area is 191 Å². The maximum Gasteiger partial charge on any atom is 0.339 e. The highest BCUT2D eigenvalue weighted by Crippen LogP contribution is 2.29. The van der Waals surface area contributed by atoms with Gasteiger partial charge in [0, 0.05) is 11.1 Å². The van der Waals surface area contributed by atoms with Gasteiger partial charge in [-0.05, 0) is 53.6 Å². The van der Waals surface area contributed by atoms with Crippen molar-refractivity contribution in [2.75, 3.05) is 19.5 Å². The highest BCUT2D eigenvalue weighted by atomic mass is 35.5. The van der Waals surface area contributed by atoms with E-state index in [2.05, 4.69) is 5.32 Å². The Bertz CT molecular complexity index is 1130. The molecule has 0 saturated carbocycles. The van der Waals surface area contributed by atoms with Gasteiger partial charge in [-0.1, -0.05) is 41.9 Å². The molecule has 3 aromatic rings. The summed E-state index contributed by atoms with van der Waals surface area (Å²) in [6.07, 6.45) is 3.01. The van der Waals surface area contributed by atoms with Gasteiger partial charge in [0.2, 0.25) is 5.91 Å². The molecular formula is C25H22ClNO5. The first kappa shape index (κ1) is 22.9. The molecule has 1 amide bonds. The lowest BCUT2D eigenvalue weighted by atomic mass is 10.1. The second kappa shape index (κ2) is 11.0. The Kier molecular flexibility index (Phi) is 7.89. The van der Waals surface area contributed by atoms with Crippen LogP contribution >= 0.6 is 11.6 Å². The summed E-state index contributed by atoms with van der Waals surface area (Å²) >= 11 is 5.90. The Balaban J connectivity index is 1.66. The van der Waals surface area contributed by atoms with Crippen molar-refractivity contribution in [1.29, 1.82) is 0 Å². The maximum absolute atomic E-state index is 12.3. The molecule has 0 aliphatic carbocycles. The molecule has 0 atom stereocenters. The van der Waals surface area contributed by atoms with Crippen LogP contribution in [0.2, 0.25) is 5.02 Å². The molecule has 0 aliphatic heterocycles. The van der Waals surface area contributed by atoms with Crippen LogP contribution in [0, 0.1) is 0 Å². The summed E-state index contributed by atoms with van der Waals surface area (Å²) in [4.78, 5) is 24.2. The van der Waals surface area contributed by atoms with Crippen molar-refractivity contribution in [2.45, 2.75) is 6.61 Å². The molecule has 0 heterocycles. The number of halogens is 1. The van der Waals surface area contributed by atoms with Gasteiger partial charge >= 0.3 is 5.97 Å². The Morgan fingerprint density at radius 1 is 0.969 bits per heavy atom. The largest absolute Gasteiger partial charge is 0.493 e. The number of methoxy groups -OCH3 is 2. The number of nitrogens with one attached hydrogen (secondary N) is 1. The van der Waals surface area contributed by atoms with Crippen molar-refractivity contribution in [3.8, 4) is 11.5 Å². The first-order chi connectivity index (χ1) is 15.5. The van der Waals surface area contributed by atoms with E-state index in [0.29, 0.717) is 28.8 Å². The maximum atomic E-state index is 12.3. The second-order valence-electron chi connectivity index (χ2n) is 6.69. The monoisotopic (exact) mass is 451 g/mol. The number of hydrogen-bond acceptors (Lipinski definition) is 5. The number of ether oxygens (including phenoxy) is 3. The van der Waals surface area contributed by atoms with Crippen molar-refractivity contribution >= 4 is 35.2 Å². The van der Waals surface area contributed by atoms with Crippen LogP contribution in [-0.2, 0) is 16.1 Å². The van der Waals surface area contributed by atoms with Crippen molar-refractivity contribution in [1.82, 2.24) is 0 Å². The van der Waals surface area contributed by atoms with E-state index in [1.165, 1.54) is 13.2 Å². The summed E-state index contributed by atoms with van der Waals surface area (Å²) in [5.74, 6) is 0.209. The molecule has 32 heavy (non-hydrogen) atoms. The van der Waals surface area contributed by atoms with E-state index >= 15 is 0 Å². The fourth-order valence-corrected chi connectivity index (χ4v) is 3.00. The van der Waals surface area contributed by atoms with Gasteiger partial charge in [-0.3, -0.25) is 4.79 Å². The summed E-state index contributed by atoms with van der Waals surface area (Å²) in [5, 5.41) is 3.35. The zero-order valence-electron chi connectivity index (χ0n) is 17.6. The molecule has 164 valence electrons. The fraction of sp³-hybridized carbons (Fsp3) is 0.120. The number of anilines is 1. The van der Waals surface area contributed by atoms with Crippen LogP contribution in [0.5, 0.6) is 11.5 Å². The molecule has 1 N–H and O–H groups in total. The summed E-state index contributed by atoms with van der Waals surface area (Å²) in [5.41, 5.74) is 2.37. The molecule has 0 unspecified atom stereocenters. The molecule has 0 fully saturated rings. The van der Waals surface area contributed by atoms with Crippen molar-refractivity contribution in [3.63, 3.8) is 0 Å². The first-order valence-electron chi connectivity index (χ1n) is 9.72. The number of carbonyl (C=O) groups excluding carboxylic acids is 2. The summed E-state index contributed by atoms with van der Waals surface area (Å²) in [6, 6.07) is 19.4. The van der Waals surface area contributed by atoms with Gasteiger partial charge in [0.25, 0.3) is 0 Å². The number of rotatable bonds is 8. The number of hydrogen-bond donors (Lipinski definition) is 1. The van der Waals surface area contributed by atoms with Crippen LogP contribution in [-0.4, -0.2) is 26.1 Å². The smallest absolute Gasteiger partial charge is 0.339 e. The molecular weight excluding hydrogens is 430 g/mol. The summed E-state index contributed by atoms with van der Waals surface area (Å²) < 4.78 is 16.0. The van der Waals surface area contributed by atoms with Crippen molar-refractivity contribution < 1.29 is 23.8 Å². The minimum Gasteiger partial charge on any atom is -0.493 e. The van der Waals surface area contributed by atoms with Crippen LogP contribution in [0.3, 0.4) is 0 Å². The van der Waals surface area contributed by atoms with Crippen LogP contribution in [0.25, 0.3) is 6.08 Å². The van der Waals surface area contributed by atoms with E-state index in [4.69, 9.17) is 25.8 Å². The molecule has 7 heteroatoms. The van der Waals surface area contributed by atoms with Gasteiger partial charge < -0.3 is 19.5 Å². The first-order valence-corrected chi connectivity index (χ1v) is 10.1. The van der Waals surface area contributed by atoms with Crippen LogP contribution in [0.15, 0.2) is 72.8 Å². The van der Waals surface area contributed by atoms with Gasteiger partial charge in [-0.25, -0.2) is 4.79 Å². The normalized spacial score (nSPS) is 10.6. The fourth-order valence-electron chi connectivity index (χ4n) is 2.88. The van der Waals surface area contributed by atoms with E-state index in [0.717, 1.165) is 11.1 Å². The zero-order chi connectivity index (χ0) is 22.9. The number of esters is 1. The predicted molar refractivity (Wildman–Crippen MR) is 124 cm³/mol. The average molecular weight is 452 g/mol. The molecule has 0 saturated heterocycles. The third-order valence-electron chi connectivity index (χ3n) is 4.51. The highest BCUT2D eigenvalue weighted by molar-refractivity contribution is 6.30. The second-order valence-corrected chi connectivity index (χ2v) is 7.12. The molecule has 6 nitrogen and oxygen atoms in total. The van der Waals surface area contributed by atoms with E-state index in [1.54, 1.807) is 61.7 Å². The molecule has 0 aliphatic rings. The average Bonchev–Trinajstić information content (AvgIpc) is 2.82. The highest BCUT2D eigenvalue weighted by Gasteiger charge is 2.12. The minimum atomic E-state index is -0.524. The van der Waals surface area contributed by atoms with Crippen molar-refractivity contribution in [3.05, 3.63) is 94.5 Å². The topological polar surface area (TPSA) is 73.9 Å². The molecule has 0 bridgehead atoms. The van der Waals surface area contributed by atoms with Crippen molar-refractivity contribution in [2.24, 2.45) is 0 Å². The van der Waals surface area contributed by atoms with Gasteiger partial charge in [-0.2, -0.15) is 0 Å². The third kappa shape index (κ3) is 6.12. The SMILES string of the molecule is COC(=O)c1ccccc1NC(=O)C=Cc1ccc(OCc2ccc(Cl)cc2)c(OC)c1. The van der Waals surface area contributed by atoms with Gasteiger partial charge in [0.05, 0.1) is 25.5 Å². The molecule has 0 radical (unpaired) electrons. The lowest BCUT2D eigenvalue weighted by Gasteiger charge is -2.11. The number of carbonyl (C=O) groups is 2. The Hall–Kier alpha value is -3.77. The van der Waals surface area contributed by atoms with Gasteiger partial charge in [-0.15, -0.1) is 0 Å². The Morgan fingerprint density at radius 3 is 2.44 bits per heavy atom. The molecule has 3 aromatic carbocycles. The van der Waals surface area contributed by atoms with Gasteiger partial charge in [0.1, 0.15) is 6.61 Å². The van der Waals surface area contributed by atoms with Gasteiger partial charge in [0.15, 0.2) is 11.5 Å². The summed E-state index contributed by atoms with van der Waals surface area (Å²) in [6.45, 7) is 0.366. The zero-order valence-corrected chi connectivity index (χ0v) is 18.4. The Morgan fingerprint density at radius 2 is 1.72 bits per heavy atom. The van der Waals surface area contributed by atoms with E-state index < -0.39 is 5.97 Å². The number of benzene rings is 3. The third-order valence-corrected chi connectivity index (χ3v) is 4.76. The van der Waals surface area contributed by atoms with E-state index in [-0.39, 0.29) is 11.5 Å². The van der Waals surface area contributed by atoms with Crippen LogP contribution < -0.4 is 14.8 Å². The van der Waals surface area contributed by atoms with Crippen LogP contribution in [0.1, 0.15) is 21.5 Å². The van der Waals surface area contributed by atoms with Crippen LogP contribution in [0.4, 0.5) is 5.69 Å². The number of para-hydroxylation sites is 1. The standard InChI is InChI=1S/C25H22ClNO5/c1-30-23-15-17(9-13-22(23)32-16-18-7-11-19(26)12-8-18)10-14-24(28)27-21-6-4-3-5-20(21)25(29)31-2/h3-15H,16H2,1-2H3,(H,27,28).